The van der Waals surface area contributed by atoms with Gasteiger partial charge in [-0.05, 0) is 68.9 Å². The summed E-state index contributed by atoms with van der Waals surface area (Å²) in [6.07, 6.45) is 5.19. The normalized spacial score (nSPS) is 20.3. The molecule has 156 valence electrons. The zero-order chi connectivity index (χ0) is 20.9. The van der Waals surface area contributed by atoms with Crippen LogP contribution in [-0.4, -0.2) is 36.5 Å². The molecule has 0 radical (unpaired) electrons. The van der Waals surface area contributed by atoms with Gasteiger partial charge in [0, 0.05) is 0 Å². The summed E-state index contributed by atoms with van der Waals surface area (Å²) < 4.78 is 6.85. The summed E-state index contributed by atoms with van der Waals surface area (Å²) in [5.74, 6) is 1.11. The Hall–Kier alpha value is -2.24. The van der Waals surface area contributed by atoms with E-state index in [1.807, 2.05) is 37.3 Å². The number of ether oxygens (including phenoxy) is 1. The molecule has 2 aromatic rings. The Bertz CT molecular complexity index is 823. The Morgan fingerprint density at radius 2 is 1.59 bits per heavy atom. The number of benzene rings is 2. The highest BCUT2D eigenvalue weighted by atomic mass is 16.5. The predicted molar refractivity (Wildman–Crippen MR) is 117 cm³/mol. The second-order valence-corrected chi connectivity index (χ2v) is 9.12. The second-order valence-electron chi connectivity index (χ2n) is 9.12. The average Bonchev–Trinajstić information content (AvgIpc) is 2.69. The Labute approximate surface area is 174 Å². The van der Waals surface area contributed by atoms with Gasteiger partial charge in [-0.1, -0.05) is 24.6 Å². The van der Waals surface area contributed by atoms with Crippen LogP contribution in [0.15, 0.2) is 52.7 Å². The van der Waals surface area contributed by atoms with Gasteiger partial charge in [0.05, 0.1) is 37.1 Å². The van der Waals surface area contributed by atoms with Gasteiger partial charge in [-0.15, -0.1) is 0 Å². The van der Waals surface area contributed by atoms with Gasteiger partial charge in [0.15, 0.2) is 6.73 Å². The van der Waals surface area contributed by atoms with Crippen molar-refractivity contribution in [1.82, 2.24) is 0 Å². The lowest BCUT2D eigenvalue weighted by Gasteiger charge is -2.33. The molecule has 0 bridgehead atoms. The Morgan fingerprint density at radius 3 is 2.28 bits per heavy atom. The summed E-state index contributed by atoms with van der Waals surface area (Å²) in [6.45, 7) is 5.67. The number of rotatable bonds is 7. The van der Waals surface area contributed by atoms with Gasteiger partial charge in [-0.25, -0.2) is 0 Å². The number of aromatic hydroxyl groups is 1. The van der Waals surface area contributed by atoms with Crippen LogP contribution in [0.5, 0.6) is 5.75 Å². The zero-order valence-electron chi connectivity index (χ0n) is 18.1. The van der Waals surface area contributed by atoms with Crippen LogP contribution in [-0.2, 0) is 11.3 Å². The first-order valence-electron chi connectivity index (χ1n) is 10.5. The molecule has 1 aliphatic carbocycles. The van der Waals surface area contributed by atoms with E-state index in [2.05, 4.69) is 31.2 Å². The quantitative estimate of drug-likeness (QED) is 0.342. The van der Waals surface area contributed by atoms with E-state index in [0.29, 0.717) is 23.9 Å². The molecule has 0 atom stereocenters. The lowest BCUT2D eigenvalue weighted by molar-refractivity contribution is -0.923. The Balaban J connectivity index is 1.61. The fourth-order valence-corrected chi connectivity index (χ4v) is 3.70. The van der Waals surface area contributed by atoms with E-state index in [4.69, 9.17) is 4.74 Å². The van der Waals surface area contributed by atoms with Crippen LogP contribution in [0.1, 0.15) is 43.7 Å². The van der Waals surface area contributed by atoms with Crippen LogP contribution in [0.2, 0.25) is 0 Å². The molecule has 29 heavy (non-hydrogen) atoms. The van der Waals surface area contributed by atoms with E-state index in [1.165, 1.54) is 18.4 Å². The van der Waals surface area contributed by atoms with Gasteiger partial charge in [0.1, 0.15) is 12.3 Å². The molecule has 1 N–H and O–H groups in total. The number of quaternary nitrogens is 1. The maximum Gasteiger partial charge on any atom is 0.183 e. The highest BCUT2D eigenvalue weighted by molar-refractivity contribution is 5.47. The van der Waals surface area contributed by atoms with Crippen LogP contribution in [0.4, 0.5) is 11.4 Å². The molecule has 3 rings (SSSR count). The Morgan fingerprint density at radius 1 is 0.966 bits per heavy atom. The molecule has 5 heteroatoms. The number of azo groups is 1. The first-order valence-corrected chi connectivity index (χ1v) is 10.5. The van der Waals surface area contributed by atoms with Gasteiger partial charge in [0.25, 0.3) is 0 Å². The summed E-state index contributed by atoms with van der Waals surface area (Å²) >= 11 is 0. The third kappa shape index (κ3) is 6.65. The van der Waals surface area contributed by atoms with Crippen molar-refractivity contribution in [3.63, 3.8) is 0 Å². The van der Waals surface area contributed by atoms with E-state index in [-0.39, 0.29) is 5.75 Å². The molecule has 0 aliphatic heterocycles. The highest BCUT2D eigenvalue weighted by Gasteiger charge is 2.24. The fourth-order valence-electron chi connectivity index (χ4n) is 3.70. The maximum atomic E-state index is 10.3. The minimum Gasteiger partial charge on any atom is -0.507 e. The first kappa shape index (κ1) is 21.5. The number of phenolic OH excluding ortho intramolecular Hbond substituents is 1. The first-order chi connectivity index (χ1) is 13.8. The summed E-state index contributed by atoms with van der Waals surface area (Å²) in [5.41, 5.74) is 3.61. The topological polar surface area (TPSA) is 54.2 Å². The van der Waals surface area contributed by atoms with Crippen LogP contribution in [0.25, 0.3) is 0 Å². The molecular formula is C24H34N3O2+. The molecule has 0 unspecified atom stereocenters. The van der Waals surface area contributed by atoms with E-state index < -0.39 is 0 Å². The smallest absolute Gasteiger partial charge is 0.183 e. The second kappa shape index (κ2) is 9.51. The average molecular weight is 397 g/mol. The summed E-state index contributed by atoms with van der Waals surface area (Å²) in [4.78, 5) is 0. The van der Waals surface area contributed by atoms with Crippen molar-refractivity contribution in [1.29, 1.82) is 0 Å². The number of hydrogen-bond acceptors (Lipinski definition) is 4. The number of phenols is 1. The largest absolute Gasteiger partial charge is 0.507 e. The van der Waals surface area contributed by atoms with E-state index in [9.17, 15) is 5.11 Å². The van der Waals surface area contributed by atoms with Crippen LogP contribution in [0, 0.1) is 12.8 Å². The van der Waals surface area contributed by atoms with Gasteiger partial charge >= 0.3 is 0 Å². The van der Waals surface area contributed by atoms with Gasteiger partial charge in [-0.2, -0.15) is 10.2 Å². The van der Waals surface area contributed by atoms with Gasteiger partial charge < -0.3 is 14.3 Å². The van der Waals surface area contributed by atoms with Crippen LogP contribution < -0.4 is 0 Å². The van der Waals surface area contributed by atoms with Gasteiger partial charge in [-0.3, -0.25) is 0 Å². The van der Waals surface area contributed by atoms with E-state index >= 15 is 0 Å². The molecular weight excluding hydrogens is 362 g/mol. The third-order valence-corrected chi connectivity index (χ3v) is 5.60. The molecule has 2 aromatic carbocycles. The van der Waals surface area contributed by atoms with Crippen molar-refractivity contribution in [2.45, 2.75) is 52.2 Å². The van der Waals surface area contributed by atoms with Crippen LogP contribution in [0.3, 0.4) is 0 Å². The number of nitrogens with zero attached hydrogens (tertiary/aromatic N) is 3. The molecule has 0 amide bonds. The summed E-state index contributed by atoms with van der Waals surface area (Å²) in [5, 5.41) is 19.0. The molecule has 0 heterocycles. The predicted octanol–water partition coefficient (Wildman–Crippen LogP) is 6.25. The molecule has 1 saturated carbocycles. The van der Waals surface area contributed by atoms with Crippen molar-refractivity contribution < 1.29 is 14.3 Å². The minimum atomic E-state index is 0.289. The molecule has 0 aromatic heterocycles. The highest BCUT2D eigenvalue weighted by Crippen LogP contribution is 2.29. The van der Waals surface area contributed by atoms with Gasteiger partial charge in [0.2, 0.25) is 0 Å². The monoisotopic (exact) mass is 396 g/mol. The maximum absolute atomic E-state index is 10.3. The lowest BCUT2D eigenvalue weighted by atomic mass is 9.89. The summed E-state index contributed by atoms with van der Waals surface area (Å²) in [7, 11) is 4.26. The molecule has 1 fully saturated rings. The standard InChI is InChI=1S/C24H33N3O2/c1-18-5-9-21(10-6-18)25-26-22-11-14-24(28)20(15-22)16-27(3,4)17-29-23-12-7-19(2)8-13-23/h5-6,9-11,14-15,19,23H,7-8,12-13,16-17H2,1-4H3/p+1. The SMILES string of the molecule is Cc1ccc(N=Nc2ccc(O)c(C[N+](C)(C)COC3CCC(C)CC3)c2)cc1. The zero-order valence-corrected chi connectivity index (χ0v) is 18.1. The van der Waals surface area contributed by atoms with Crippen molar-refractivity contribution in [3.05, 3.63) is 53.6 Å². The van der Waals surface area contributed by atoms with E-state index in [0.717, 1.165) is 35.7 Å². The van der Waals surface area contributed by atoms with Crippen molar-refractivity contribution in [2.24, 2.45) is 16.1 Å². The number of hydrogen-bond donors (Lipinski definition) is 1. The van der Waals surface area contributed by atoms with Crippen LogP contribution >= 0.6 is 0 Å². The molecule has 1 aliphatic rings. The lowest BCUT2D eigenvalue weighted by Crippen LogP contribution is -2.42. The molecule has 0 saturated heterocycles. The number of aryl methyl sites for hydroxylation is 1. The molecule has 0 spiro atoms. The third-order valence-electron chi connectivity index (χ3n) is 5.60. The minimum absolute atomic E-state index is 0.289. The van der Waals surface area contributed by atoms with E-state index in [1.54, 1.807) is 12.1 Å². The fraction of sp³-hybridized carbons (Fsp3) is 0.500. The van der Waals surface area contributed by atoms with Crippen molar-refractivity contribution >= 4 is 11.4 Å². The molecule has 5 nitrogen and oxygen atoms in total. The summed E-state index contributed by atoms with van der Waals surface area (Å²) in [6, 6.07) is 13.3. The Kier molecular flexibility index (Phi) is 7.04. The van der Waals surface area contributed by atoms with Crippen molar-refractivity contribution in [2.75, 3.05) is 20.8 Å². The van der Waals surface area contributed by atoms with Crippen molar-refractivity contribution in [3.8, 4) is 5.75 Å².